The SMILES string of the molecule is CC1(C)[C@@H](OS(=O)(=O)O)CC[C@]2(C)[C@H]3C(=O)C=C4[C@@H]5C[C@@](C)(C(=O)O)C[C@H](O)[C@]5(C)CC[C@@]4(C)[C@]3(C)CC[C@@H]12. The highest BCUT2D eigenvalue weighted by Gasteiger charge is 2.71. The number of allylic oxidation sites excluding steroid dienone is 2. The summed E-state index contributed by atoms with van der Waals surface area (Å²) in [6, 6.07) is 0. The van der Waals surface area contributed by atoms with Crippen molar-refractivity contribution in [2.75, 3.05) is 0 Å². The van der Waals surface area contributed by atoms with Crippen LogP contribution in [0.2, 0.25) is 0 Å². The molecule has 0 aromatic carbocycles. The van der Waals surface area contributed by atoms with Gasteiger partial charge in [0.25, 0.3) is 0 Å². The first-order valence-electron chi connectivity index (χ1n) is 14.5. The number of rotatable bonds is 3. The number of aliphatic hydroxyl groups is 1. The predicted octanol–water partition coefficient (Wildman–Crippen LogP) is 5.21. The van der Waals surface area contributed by atoms with Gasteiger partial charge in [-0.15, -0.1) is 0 Å². The van der Waals surface area contributed by atoms with Crippen LogP contribution in [0.25, 0.3) is 0 Å². The first-order valence-corrected chi connectivity index (χ1v) is 15.9. The van der Waals surface area contributed by atoms with Gasteiger partial charge in [-0.1, -0.05) is 47.1 Å². The number of carbonyl (C=O) groups excluding carboxylic acids is 1. The van der Waals surface area contributed by atoms with Gasteiger partial charge in [0.05, 0.1) is 17.6 Å². The summed E-state index contributed by atoms with van der Waals surface area (Å²) in [4.78, 5) is 26.7. The number of aliphatic hydroxyl groups excluding tert-OH is 1. The first-order chi connectivity index (χ1) is 17.7. The molecule has 0 radical (unpaired) electrons. The maximum absolute atomic E-state index is 14.3. The van der Waals surface area contributed by atoms with Crippen molar-refractivity contribution in [2.45, 2.75) is 112 Å². The molecule has 0 heterocycles. The predicted molar refractivity (Wildman–Crippen MR) is 145 cm³/mol. The van der Waals surface area contributed by atoms with Crippen molar-refractivity contribution in [2.24, 2.45) is 50.2 Å². The molecule has 0 unspecified atom stereocenters. The van der Waals surface area contributed by atoms with Gasteiger partial charge in [0.1, 0.15) is 0 Å². The molecule has 4 saturated carbocycles. The minimum atomic E-state index is -4.60. The summed E-state index contributed by atoms with van der Waals surface area (Å²) >= 11 is 0. The smallest absolute Gasteiger partial charge is 0.397 e. The van der Waals surface area contributed by atoms with Gasteiger partial charge >= 0.3 is 16.4 Å². The van der Waals surface area contributed by atoms with E-state index in [1.165, 1.54) is 0 Å². The van der Waals surface area contributed by atoms with Gasteiger partial charge in [0, 0.05) is 11.3 Å². The standard InChI is InChI=1S/C30H46O8S/c1-25(2)20-8-11-30(7)23(28(20,5)10-9-22(25)38-39(35,36)37)19(31)14-17-18-15-26(3,24(33)34)16-21(32)27(18,4)12-13-29(17,30)6/h14,18,20-23,32H,8-13,15-16H2,1-7H3,(H,33,34)(H,35,36,37)/t18-,20-,21-,22-,23+,26+,27+,28-,29+,30+/m0/s1. The fourth-order valence-electron chi connectivity index (χ4n) is 10.8. The summed E-state index contributed by atoms with van der Waals surface area (Å²) in [6.45, 7) is 14.5. The molecule has 5 aliphatic carbocycles. The van der Waals surface area contributed by atoms with E-state index in [0.717, 1.165) is 31.3 Å². The van der Waals surface area contributed by atoms with Crippen LogP contribution in [-0.4, -0.2) is 47.1 Å². The molecule has 0 aromatic heterocycles. The molecular formula is C30H46O8S. The van der Waals surface area contributed by atoms with Crippen LogP contribution in [-0.2, 0) is 24.2 Å². The molecule has 0 aromatic rings. The van der Waals surface area contributed by atoms with E-state index in [-0.39, 0.29) is 46.2 Å². The van der Waals surface area contributed by atoms with E-state index >= 15 is 0 Å². The summed E-state index contributed by atoms with van der Waals surface area (Å²) < 4.78 is 37.8. The number of hydrogen-bond acceptors (Lipinski definition) is 6. The topological polar surface area (TPSA) is 138 Å². The highest BCUT2D eigenvalue weighted by molar-refractivity contribution is 7.80. The number of aliphatic carboxylic acids is 1. The van der Waals surface area contributed by atoms with E-state index in [1.54, 1.807) is 6.92 Å². The zero-order chi connectivity index (χ0) is 29.2. The monoisotopic (exact) mass is 566 g/mol. The fourth-order valence-corrected chi connectivity index (χ4v) is 11.4. The number of fused-ring (bicyclic) bond motifs is 7. The van der Waals surface area contributed by atoms with Crippen molar-refractivity contribution < 1.29 is 37.0 Å². The second-order valence-corrected chi connectivity index (χ2v) is 16.6. The van der Waals surface area contributed by atoms with Crippen LogP contribution in [0.4, 0.5) is 0 Å². The van der Waals surface area contributed by atoms with Crippen LogP contribution in [0.5, 0.6) is 0 Å². The maximum atomic E-state index is 14.3. The van der Waals surface area contributed by atoms with E-state index in [0.29, 0.717) is 19.3 Å². The van der Waals surface area contributed by atoms with Gasteiger partial charge in [-0.2, -0.15) is 8.42 Å². The molecule has 0 amide bonds. The largest absolute Gasteiger partial charge is 0.481 e. The molecule has 5 rings (SSSR count). The average Bonchev–Trinajstić information content (AvgIpc) is 2.78. The molecule has 0 spiro atoms. The Morgan fingerprint density at radius 1 is 0.949 bits per heavy atom. The number of hydrogen-bond donors (Lipinski definition) is 3. The van der Waals surface area contributed by atoms with Crippen molar-refractivity contribution in [3.8, 4) is 0 Å². The second kappa shape index (κ2) is 8.39. The maximum Gasteiger partial charge on any atom is 0.397 e. The number of carbonyl (C=O) groups is 2. The van der Waals surface area contributed by atoms with Crippen molar-refractivity contribution in [3.63, 3.8) is 0 Å². The average molecular weight is 567 g/mol. The minimum absolute atomic E-state index is 0.0201. The lowest BCUT2D eigenvalue weighted by molar-refractivity contribution is -0.204. The van der Waals surface area contributed by atoms with E-state index in [4.69, 9.17) is 4.18 Å². The Morgan fingerprint density at radius 3 is 2.18 bits per heavy atom. The molecule has 3 N–H and O–H groups in total. The molecule has 0 saturated heterocycles. The molecule has 8 nitrogen and oxygen atoms in total. The third-order valence-electron chi connectivity index (χ3n) is 13.3. The Bertz CT molecular complexity index is 1240. The third-order valence-corrected chi connectivity index (χ3v) is 13.8. The van der Waals surface area contributed by atoms with Gasteiger partial charge < -0.3 is 10.2 Å². The van der Waals surface area contributed by atoms with Crippen LogP contribution >= 0.6 is 0 Å². The highest BCUT2D eigenvalue weighted by atomic mass is 32.3. The highest BCUT2D eigenvalue weighted by Crippen LogP contribution is 2.75. The fraction of sp³-hybridized carbons (Fsp3) is 0.867. The minimum Gasteiger partial charge on any atom is -0.481 e. The van der Waals surface area contributed by atoms with Crippen molar-refractivity contribution in [3.05, 3.63) is 11.6 Å². The molecule has 0 bridgehead atoms. The van der Waals surface area contributed by atoms with Gasteiger partial charge in [-0.3, -0.25) is 14.1 Å². The van der Waals surface area contributed by atoms with Crippen LogP contribution in [0.3, 0.4) is 0 Å². The van der Waals surface area contributed by atoms with Crippen molar-refractivity contribution >= 4 is 22.2 Å². The molecule has 10 atom stereocenters. The van der Waals surface area contributed by atoms with E-state index in [2.05, 4.69) is 27.7 Å². The Morgan fingerprint density at radius 2 is 1.59 bits per heavy atom. The van der Waals surface area contributed by atoms with Crippen LogP contribution in [0.15, 0.2) is 11.6 Å². The lowest BCUT2D eigenvalue weighted by Gasteiger charge is -2.70. The Balaban J connectivity index is 1.59. The summed E-state index contributed by atoms with van der Waals surface area (Å²) in [6.07, 6.45) is 5.26. The zero-order valence-corrected chi connectivity index (χ0v) is 25.2. The summed E-state index contributed by atoms with van der Waals surface area (Å²) in [7, 11) is -4.60. The summed E-state index contributed by atoms with van der Waals surface area (Å²) in [5, 5.41) is 21.4. The second-order valence-electron chi connectivity index (χ2n) is 15.5. The van der Waals surface area contributed by atoms with Crippen LogP contribution in [0, 0.1) is 50.2 Å². The molecule has 4 fully saturated rings. The van der Waals surface area contributed by atoms with Gasteiger partial charge in [-0.25, -0.2) is 4.18 Å². The van der Waals surface area contributed by atoms with Crippen molar-refractivity contribution in [1.82, 2.24) is 0 Å². The normalized spacial score (nSPS) is 51.1. The lowest BCUT2D eigenvalue weighted by Crippen LogP contribution is -2.67. The quantitative estimate of drug-likeness (QED) is 0.396. The number of carboxylic acids is 1. The van der Waals surface area contributed by atoms with Gasteiger partial charge in [0.2, 0.25) is 0 Å². The third kappa shape index (κ3) is 3.81. The van der Waals surface area contributed by atoms with Crippen molar-refractivity contribution in [1.29, 1.82) is 0 Å². The summed E-state index contributed by atoms with van der Waals surface area (Å²) in [5.74, 6) is -1.27. The molecule has 0 aliphatic heterocycles. The van der Waals surface area contributed by atoms with E-state index < -0.39 is 44.8 Å². The molecule has 220 valence electrons. The Labute approximate surface area is 232 Å². The van der Waals surface area contributed by atoms with E-state index in [9.17, 15) is 32.8 Å². The number of carboxylic acid groups (broad SMARTS) is 1. The molecule has 39 heavy (non-hydrogen) atoms. The summed E-state index contributed by atoms with van der Waals surface area (Å²) in [5.41, 5.74) is -2.16. The Kier molecular flexibility index (Phi) is 6.28. The zero-order valence-electron chi connectivity index (χ0n) is 24.4. The van der Waals surface area contributed by atoms with Gasteiger partial charge in [-0.05, 0) is 97.9 Å². The van der Waals surface area contributed by atoms with Crippen LogP contribution in [0.1, 0.15) is 99.8 Å². The first kappa shape index (κ1) is 29.2. The number of ketones is 1. The molecule has 9 heteroatoms. The van der Waals surface area contributed by atoms with E-state index in [1.807, 2.05) is 19.9 Å². The molecular weight excluding hydrogens is 520 g/mol. The lowest BCUT2D eigenvalue weighted by atomic mass is 9.33. The van der Waals surface area contributed by atoms with Crippen LogP contribution < -0.4 is 0 Å². The Hall–Kier alpha value is -1.29. The molecule has 5 aliphatic rings. The van der Waals surface area contributed by atoms with Gasteiger partial charge in [0.15, 0.2) is 5.78 Å².